The lowest BCUT2D eigenvalue weighted by molar-refractivity contribution is 0.832. The minimum absolute atomic E-state index is 0.751. The van der Waals surface area contributed by atoms with Crippen LogP contribution in [0.25, 0.3) is 12.2 Å². The zero-order valence-corrected chi connectivity index (χ0v) is 13.3. The molecule has 0 spiro atoms. The van der Waals surface area contributed by atoms with E-state index in [1.165, 1.54) is 33.4 Å². The molecule has 0 aliphatic rings. The molecule has 2 aromatic carbocycles. The SMILES string of the molecule is Cc1ccc(CCCN)cc1C=Cc1c(C)cccc1C. The van der Waals surface area contributed by atoms with Crippen molar-refractivity contribution in [1.29, 1.82) is 0 Å². The number of hydrogen-bond donors (Lipinski definition) is 1. The first-order chi connectivity index (χ1) is 10.1. The molecule has 0 heterocycles. The molecule has 1 heteroatoms. The Balaban J connectivity index is 2.28. The van der Waals surface area contributed by atoms with Crippen LogP contribution in [0.5, 0.6) is 0 Å². The highest BCUT2D eigenvalue weighted by Gasteiger charge is 2.00. The predicted molar refractivity (Wildman–Crippen MR) is 93.4 cm³/mol. The maximum absolute atomic E-state index is 5.60. The maximum atomic E-state index is 5.60. The molecule has 0 amide bonds. The van der Waals surface area contributed by atoms with Gasteiger partial charge in [-0.2, -0.15) is 0 Å². The predicted octanol–water partition coefficient (Wildman–Crippen LogP) is 4.67. The summed E-state index contributed by atoms with van der Waals surface area (Å²) in [5, 5.41) is 0. The van der Waals surface area contributed by atoms with Gasteiger partial charge in [0.25, 0.3) is 0 Å². The van der Waals surface area contributed by atoms with Gasteiger partial charge in [-0.3, -0.25) is 0 Å². The number of aryl methyl sites for hydroxylation is 4. The molecule has 0 fully saturated rings. The Morgan fingerprint density at radius 1 is 0.905 bits per heavy atom. The fourth-order valence-electron chi connectivity index (χ4n) is 2.59. The first kappa shape index (κ1) is 15.5. The van der Waals surface area contributed by atoms with Crippen molar-refractivity contribution < 1.29 is 0 Å². The molecule has 0 unspecified atom stereocenters. The van der Waals surface area contributed by atoms with Crippen molar-refractivity contribution in [2.75, 3.05) is 6.54 Å². The largest absolute Gasteiger partial charge is 0.330 e. The molecule has 0 radical (unpaired) electrons. The monoisotopic (exact) mass is 279 g/mol. The molecule has 0 atom stereocenters. The van der Waals surface area contributed by atoms with Gasteiger partial charge < -0.3 is 5.73 Å². The summed E-state index contributed by atoms with van der Waals surface area (Å²) in [6.07, 6.45) is 6.57. The molecule has 21 heavy (non-hydrogen) atoms. The molecular weight excluding hydrogens is 254 g/mol. The van der Waals surface area contributed by atoms with Crippen molar-refractivity contribution in [1.82, 2.24) is 0 Å². The highest BCUT2D eigenvalue weighted by atomic mass is 14.5. The first-order valence-corrected chi connectivity index (χ1v) is 7.65. The molecule has 2 rings (SSSR count). The molecule has 0 aromatic heterocycles. The Labute approximate surface area is 128 Å². The summed E-state index contributed by atoms with van der Waals surface area (Å²) in [7, 11) is 0. The van der Waals surface area contributed by atoms with Crippen molar-refractivity contribution in [2.24, 2.45) is 5.73 Å². The second-order valence-corrected chi connectivity index (χ2v) is 5.72. The van der Waals surface area contributed by atoms with E-state index in [0.717, 1.165) is 19.4 Å². The van der Waals surface area contributed by atoms with Gasteiger partial charge in [0.1, 0.15) is 0 Å². The third kappa shape index (κ3) is 4.05. The summed E-state index contributed by atoms with van der Waals surface area (Å²) >= 11 is 0. The molecule has 0 saturated carbocycles. The number of nitrogens with two attached hydrogens (primary N) is 1. The lowest BCUT2D eigenvalue weighted by Crippen LogP contribution is -2.00. The lowest BCUT2D eigenvalue weighted by Gasteiger charge is -2.07. The molecule has 2 aromatic rings. The van der Waals surface area contributed by atoms with Crippen LogP contribution >= 0.6 is 0 Å². The van der Waals surface area contributed by atoms with E-state index in [1.807, 2.05) is 0 Å². The van der Waals surface area contributed by atoms with E-state index in [2.05, 4.69) is 69.3 Å². The zero-order chi connectivity index (χ0) is 15.2. The summed E-state index contributed by atoms with van der Waals surface area (Å²) in [6, 6.07) is 13.1. The van der Waals surface area contributed by atoms with E-state index in [1.54, 1.807) is 0 Å². The van der Waals surface area contributed by atoms with Crippen LogP contribution in [0.15, 0.2) is 36.4 Å². The Kier molecular flexibility index (Phi) is 5.35. The smallest absolute Gasteiger partial charge is 0.00741 e. The van der Waals surface area contributed by atoms with Gasteiger partial charge in [-0.15, -0.1) is 0 Å². The minimum Gasteiger partial charge on any atom is -0.330 e. The van der Waals surface area contributed by atoms with Crippen molar-refractivity contribution in [2.45, 2.75) is 33.6 Å². The minimum atomic E-state index is 0.751. The van der Waals surface area contributed by atoms with Gasteiger partial charge in [0.05, 0.1) is 0 Å². The molecule has 0 aliphatic heterocycles. The number of rotatable bonds is 5. The quantitative estimate of drug-likeness (QED) is 0.791. The topological polar surface area (TPSA) is 26.0 Å². The number of benzene rings is 2. The van der Waals surface area contributed by atoms with Crippen LogP contribution in [0, 0.1) is 20.8 Å². The molecule has 0 aliphatic carbocycles. The molecular formula is C20H25N. The van der Waals surface area contributed by atoms with E-state index in [4.69, 9.17) is 5.73 Å². The van der Waals surface area contributed by atoms with Gasteiger partial charge in [-0.25, -0.2) is 0 Å². The Morgan fingerprint density at radius 2 is 1.62 bits per heavy atom. The van der Waals surface area contributed by atoms with Gasteiger partial charge in [0.2, 0.25) is 0 Å². The van der Waals surface area contributed by atoms with Crippen molar-refractivity contribution in [3.8, 4) is 0 Å². The molecule has 0 bridgehead atoms. The Morgan fingerprint density at radius 3 is 2.29 bits per heavy atom. The third-order valence-electron chi connectivity index (χ3n) is 3.98. The fraction of sp³-hybridized carbons (Fsp3) is 0.300. The number of hydrogen-bond acceptors (Lipinski definition) is 1. The highest BCUT2D eigenvalue weighted by molar-refractivity contribution is 5.74. The fourth-order valence-corrected chi connectivity index (χ4v) is 2.59. The third-order valence-corrected chi connectivity index (χ3v) is 3.98. The van der Waals surface area contributed by atoms with E-state index >= 15 is 0 Å². The summed E-state index contributed by atoms with van der Waals surface area (Å²) in [5.74, 6) is 0. The van der Waals surface area contributed by atoms with Gasteiger partial charge in [-0.1, -0.05) is 48.6 Å². The Hall–Kier alpha value is -1.86. The zero-order valence-electron chi connectivity index (χ0n) is 13.3. The lowest BCUT2D eigenvalue weighted by atomic mass is 9.98. The Bertz CT molecular complexity index is 618. The second kappa shape index (κ2) is 7.24. The summed E-state index contributed by atoms with van der Waals surface area (Å²) in [4.78, 5) is 0. The first-order valence-electron chi connectivity index (χ1n) is 7.65. The van der Waals surface area contributed by atoms with Crippen LogP contribution in [0.2, 0.25) is 0 Å². The van der Waals surface area contributed by atoms with Crippen LogP contribution < -0.4 is 5.73 Å². The molecule has 2 N–H and O–H groups in total. The van der Waals surface area contributed by atoms with Crippen molar-refractivity contribution in [3.05, 3.63) is 69.8 Å². The van der Waals surface area contributed by atoms with Crippen LogP contribution in [0.4, 0.5) is 0 Å². The van der Waals surface area contributed by atoms with Crippen LogP contribution in [0.3, 0.4) is 0 Å². The maximum Gasteiger partial charge on any atom is -0.00741 e. The summed E-state index contributed by atoms with van der Waals surface area (Å²) < 4.78 is 0. The second-order valence-electron chi connectivity index (χ2n) is 5.72. The molecule has 110 valence electrons. The van der Waals surface area contributed by atoms with Gasteiger partial charge in [0.15, 0.2) is 0 Å². The highest BCUT2D eigenvalue weighted by Crippen LogP contribution is 2.19. The van der Waals surface area contributed by atoms with Crippen molar-refractivity contribution >= 4 is 12.2 Å². The van der Waals surface area contributed by atoms with E-state index in [0.29, 0.717) is 0 Å². The normalized spacial score (nSPS) is 11.2. The van der Waals surface area contributed by atoms with Crippen LogP contribution in [-0.2, 0) is 6.42 Å². The van der Waals surface area contributed by atoms with E-state index < -0.39 is 0 Å². The molecule has 0 saturated heterocycles. The van der Waals surface area contributed by atoms with Crippen molar-refractivity contribution in [3.63, 3.8) is 0 Å². The van der Waals surface area contributed by atoms with Crippen LogP contribution in [-0.4, -0.2) is 6.54 Å². The summed E-state index contributed by atoms with van der Waals surface area (Å²) in [5.41, 5.74) is 13.5. The van der Waals surface area contributed by atoms with Gasteiger partial charge in [-0.05, 0) is 73.5 Å². The van der Waals surface area contributed by atoms with Gasteiger partial charge in [0, 0.05) is 0 Å². The van der Waals surface area contributed by atoms with Gasteiger partial charge >= 0.3 is 0 Å². The van der Waals surface area contributed by atoms with Crippen LogP contribution in [0.1, 0.15) is 39.8 Å². The average Bonchev–Trinajstić information content (AvgIpc) is 2.47. The molecule has 1 nitrogen and oxygen atoms in total. The average molecular weight is 279 g/mol. The standard InChI is InChI=1S/C20H25N/c1-15-9-10-18(8-5-13-21)14-19(15)11-12-20-16(2)6-4-7-17(20)3/h4,6-7,9-12,14H,5,8,13,21H2,1-3H3. The van der Waals surface area contributed by atoms with E-state index in [9.17, 15) is 0 Å². The summed E-state index contributed by atoms with van der Waals surface area (Å²) in [6.45, 7) is 7.24. The van der Waals surface area contributed by atoms with E-state index in [-0.39, 0.29) is 0 Å².